The van der Waals surface area contributed by atoms with E-state index < -0.39 is 11.6 Å². The summed E-state index contributed by atoms with van der Waals surface area (Å²) in [5, 5.41) is 3.30. The standard InChI is InChI=1S/C16H16ClF2NO/c1-3-20-10(2)11-4-6-16(14(19)8-11)21-15-7-5-12(18)9-13(15)17/h4-10,20H,3H2,1-2H3. The molecule has 5 heteroatoms. The summed E-state index contributed by atoms with van der Waals surface area (Å²) >= 11 is 5.86. The first-order chi connectivity index (χ1) is 10.0. The average Bonchev–Trinajstić information content (AvgIpc) is 2.44. The average molecular weight is 312 g/mol. The van der Waals surface area contributed by atoms with Crippen LogP contribution in [-0.2, 0) is 0 Å². The van der Waals surface area contributed by atoms with Crippen LogP contribution in [0.4, 0.5) is 8.78 Å². The Hall–Kier alpha value is -1.65. The molecule has 0 aromatic heterocycles. The molecular weight excluding hydrogens is 296 g/mol. The molecule has 1 unspecified atom stereocenters. The van der Waals surface area contributed by atoms with Gasteiger partial charge < -0.3 is 10.1 Å². The van der Waals surface area contributed by atoms with E-state index in [1.807, 2.05) is 13.8 Å². The molecule has 0 radical (unpaired) electrons. The minimum absolute atomic E-state index is 0.0490. The van der Waals surface area contributed by atoms with Gasteiger partial charge >= 0.3 is 0 Å². The summed E-state index contributed by atoms with van der Waals surface area (Å²) in [6.07, 6.45) is 0. The maximum absolute atomic E-state index is 14.1. The van der Waals surface area contributed by atoms with E-state index >= 15 is 0 Å². The molecule has 0 spiro atoms. The molecule has 0 saturated heterocycles. The van der Waals surface area contributed by atoms with Gasteiger partial charge in [-0.3, -0.25) is 0 Å². The Kier molecular flexibility index (Phi) is 5.15. The zero-order valence-electron chi connectivity index (χ0n) is 11.8. The van der Waals surface area contributed by atoms with Crippen molar-refractivity contribution in [1.82, 2.24) is 5.32 Å². The van der Waals surface area contributed by atoms with Crippen LogP contribution in [0.2, 0.25) is 5.02 Å². The van der Waals surface area contributed by atoms with E-state index in [-0.39, 0.29) is 22.6 Å². The van der Waals surface area contributed by atoms with Gasteiger partial charge in [-0.1, -0.05) is 24.6 Å². The van der Waals surface area contributed by atoms with Crippen molar-refractivity contribution in [3.8, 4) is 11.5 Å². The van der Waals surface area contributed by atoms with Crippen LogP contribution in [-0.4, -0.2) is 6.54 Å². The molecule has 0 saturated carbocycles. The Bertz CT molecular complexity index is 634. The molecule has 112 valence electrons. The van der Waals surface area contributed by atoms with Gasteiger partial charge in [-0.2, -0.15) is 0 Å². The maximum atomic E-state index is 14.1. The molecule has 2 rings (SSSR count). The molecule has 0 aliphatic heterocycles. The fourth-order valence-corrected chi connectivity index (χ4v) is 2.18. The van der Waals surface area contributed by atoms with Gasteiger partial charge in [0, 0.05) is 6.04 Å². The molecule has 0 aliphatic carbocycles. The topological polar surface area (TPSA) is 21.3 Å². The van der Waals surface area contributed by atoms with Crippen LogP contribution in [0, 0.1) is 11.6 Å². The first kappa shape index (κ1) is 15.7. The van der Waals surface area contributed by atoms with Crippen LogP contribution < -0.4 is 10.1 Å². The predicted octanol–water partition coefficient (Wildman–Crippen LogP) is 5.08. The van der Waals surface area contributed by atoms with E-state index in [4.69, 9.17) is 16.3 Å². The van der Waals surface area contributed by atoms with Crippen LogP contribution in [0.3, 0.4) is 0 Å². The number of ether oxygens (including phenoxy) is 1. The lowest BCUT2D eigenvalue weighted by Gasteiger charge is -2.14. The van der Waals surface area contributed by atoms with Gasteiger partial charge in [0.1, 0.15) is 11.6 Å². The van der Waals surface area contributed by atoms with Crippen molar-refractivity contribution in [3.05, 3.63) is 58.6 Å². The monoisotopic (exact) mass is 311 g/mol. The summed E-state index contributed by atoms with van der Waals surface area (Å²) in [4.78, 5) is 0. The van der Waals surface area contributed by atoms with E-state index in [1.54, 1.807) is 6.07 Å². The Balaban J connectivity index is 2.21. The second-order valence-corrected chi connectivity index (χ2v) is 5.05. The van der Waals surface area contributed by atoms with Gasteiger partial charge in [0.15, 0.2) is 11.6 Å². The van der Waals surface area contributed by atoms with Crippen LogP contribution >= 0.6 is 11.6 Å². The Morgan fingerprint density at radius 1 is 1.14 bits per heavy atom. The number of benzene rings is 2. The van der Waals surface area contributed by atoms with Crippen molar-refractivity contribution in [1.29, 1.82) is 0 Å². The number of rotatable bonds is 5. The van der Waals surface area contributed by atoms with Crippen molar-refractivity contribution in [2.75, 3.05) is 6.54 Å². The quantitative estimate of drug-likeness (QED) is 0.831. The summed E-state index contributed by atoms with van der Waals surface area (Å²) < 4.78 is 32.4. The van der Waals surface area contributed by atoms with Crippen LogP contribution in [0.5, 0.6) is 11.5 Å². The highest BCUT2D eigenvalue weighted by Crippen LogP contribution is 2.32. The third-order valence-corrected chi connectivity index (χ3v) is 3.38. The zero-order chi connectivity index (χ0) is 15.4. The number of nitrogens with one attached hydrogen (secondary N) is 1. The smallest absolute Gasteiger partial charge is 0.166 e. The SMILES string of the molecule is CCNC(C)c1ccc(Oc2ccc(F)cc2Cl)c(F)c1. The minimum Gasteiger partial charge on any atom is -0.453 e. The molecule has 2 nitrogen and oxygen atoms in total. The minimum atomic E-state index is -0.488. The molecule has 0 fully saturated rings. The highest BCUT2D eigenvalue weighted by molar-refractivity contribution is 6.32. The van der Waals surface area contributed by atoms with Crippen LogP contribution in [0.25, 0.3) is 0 Å². The molecule has 1 N–H and O–H groups in total. The molecule has 0 heterocycles. The lowest BCUT2D eigenvalue weighted by molar-refractivity contribution is 0.439. The summed E-state index contributed by atoms with van der Waals surface area (Å²) in [6.45, 7) is 4.74. The van der Waals surface area contributed by atoms with E-state index in [1.165, 1.54) is 24.3 Å². The number of hydrogen-bond acceptors (Lipinski definition) is 2. The van der Waals surface area contributed by atoms with Crippen molar-refractivity contribution in [2.24, 2.45) is 0 Å². The van der Waals surface area contributed by atoms with E-state index in [0.29, 0.717) is 0 Å². The van der Waals surface area contributed by atoms with Crippen molar-refractivity contribution in [3.63, 3.8) is 0 Å². The van der Waals surface area contributed by atoms with Crippen molar-refractivity contribution < 1.29 is 13.5 Å². The van der Waals surface area contributed by atoms with E-state index in [9.17, 15) is 8.78 Å². The molecule has 2 aromatic rings. The first-order valence-electron chi connectivity index (χ1n) is 6.67. The molecule has 1 atom stereocenters. The highest BCUT2D eigenvalue weighted by atomic mass is 35.5. The number of halogens is 3. The summed E-state index contributed by atoms with van der Waals surface area (Å²) in [6, 6.07) is 8.48. The fraction of sp³-hybridized carbons (Fsp3) is 0.250. The van der Waals surface area contributed by atoms with Crippen molar-refractivity contribution >= 4 is 11.6 Å². The normalized spacial score (nSPS) is 12.2. The lowest BCUT2D eigenvalue weighted by atomic mass is 10.1. The third kappa shape index (κ3) is 3.93. The van der Waals surface area contributed by atoms with Gasteiger partial charge in [-0.25, -0.2) is 8.78 Å². The van der Waals surface area contributed by atoms with Gasteiger partial charge in [0.05, 0.1) is 5.02 Å². The van der Waals surface area contributed by atoms with Gasteiger partial charge in [0.2, 0.25) is 0 Å². The summed E-state index contributed by atoms with van der Waals surface area (Å²) in [5.41, 5.74) is 0.826. The highest BCUT2D eigenvalue weighted by Gasteiger charge is 2.11. The van der Waals surface area contributed by atoms with Crippen molar-refractivity contribution in [2.45, 2.75) is 19.9 Å². The largest absolute Gasteiger partial charge is 0.453 e. The Morgan fingerprint density at radius 3 is 2.48 bits per heavy atom. The van der Waals surface area contributed by atoms with E-state index in [2.05, 4.69) is 5.32 Å². The van der Waals surface area contributed by atoms with Gasteiger partial charge in [-0.05, 0) is 49.4 Å². The lowest BCUT2D eigenvalue weighted by Crippen LogP contribution is -2.17. The predicted molar refractivity (Wildman–Crippen MR) is 80.0 cm³/mol. The molecular formula is C16H16ClF2NO. The van der Waals surface area contributed by atoms with Crippen LogP contribution in [0.15, 0.2) is 36.4 Å². The third-order valence-electron chi connectivity index (χ3n) is 3.08. The second-order valence-electron chi connectivity index (χ2n) is 4.65. The maximum Gasteiger partial charge on any atom is 0.166 e. The molecule has 0 bridgehead atoms. The van der Waals surface area contributed by atoms with E-state index in [0.717, 1.165) is 18.2 Å². The fourth-order valence-electron chi connectivity index (χ4n) is 1.97. The van der Waals surface area contributed by atoms with Crippen LogP contribution in [0.1, 0.15) is 25.5 Å². The summed E-state index contributed by atoms with van der Waals surface area (Å²) in [7, 11) is 0. The zero-order valence-corrected chi connectivity index (χ0v) is 12.5. The molecule has 21 heavy (non-hydrogen) atoms. The van der Waals surface area contributed by atoms with Gasteiger partial charge in [0.25, 0.3) is 0 Å². The summed E-state index contributed by atoms with van der Waals surface area (Å²) in [5.74, 6) is -0.694. The molecule has 2 aromatic carbocycles. The Morgan fingerprint density at radius 2 is 1.86 bits per heavy atom. The Labute approximate surface area is 127 Å². The van der Waals surface area contributed by atoms with Gasteiger partial charge in [-0.15, -0.1) is 0 Å². The first-order valence-corrected chi connectivity index (χ1v) is 7.04. The second kappa shape index (κ2) is 6.87. The number of hydrogen-bond donors (Lipinski definition) is 1. The molecule has 0 amide bonds. The molecule has 0 aliphatic rings.